The van der Waals surface area contributed by atoms with Crippen LogP contribution in [0.2, 0.25) is 0 Å². The van der Waals surface area contributed by atoms with Gasteiger partial charge in [0.1, 0.15) is 6.04 Å². The summed E-state index contributed by atoms with van der Waals surface area (Å²) in [4.78, 5) is 25.1. The summed E-state index contributed by atoms with van der Waals surface area (Å²) in [7, 11) is 0. The van der Waals surface area contributed by atoms with E-state index in [4.69, 9.17) is 10.5 Å². The zero-order valence-corrected chi connectivity index (χ0v) is 11.8. The number of morpholine rings is 1. The lowest BCUT2D eigenvalue weighted by molar-refractivity contribution is -0.145. The second-order valence-electron chi connectivity index (χ2n) is 4.84. The largest absolute Gasteiger partial charge is 0.377 e. The fourth-order valence-electron chi connectivity index (χ4n) is 2.37. The second kappa shape index (κ2) is 7.12. The summed E-state index contributed by atoms with van der Waals surface area (Å²) in [6.07, 6.45) is 2.20. The van der Waals surface area contributed by atoms with Crippen molar-refractivity contribution in [1.29, 1.82) is 0 Å². The number of ether oxygens (including phenoxy) is 1. The Balaban J connectivity index is 1.81. The molecule has 1 atom stereocenters. The third kappa shape index (κ3) is 4.09. The van der Waals surface area contributed by atoms with Gasteiger partial charge in [-0.05, 0) is 25.9 Å². The molecule has 2 amide bonds. The van der Waals surface area contributed by atoms with Crippen molar-refractivity contribution in [3.63, 3.8) is 0 Å². The van der Waals surface area contributed by atoms with E-state index in [-0.39, 0.29) is 12.5 Å². The van der Waals surface area contributed by atoms with Crippen molar-refractivity contribution in [2.45, 2.75) is 24.1 Å². The van der Waals surface area contributed by atoms with Crippen molar-refractivity contribution in [1.82, 2.24) is 10.2 Å². The molecule has 19 heavy (non-hydrogen) atoms. The monoisotopic (exact) mass is 287 g/mol. The Hall–Kier alpha value is -0.790. The molecule has 0 aromatic heterocycles. The predicted molar refractivity (Wildman–Crippen MR) is 73.9 cm³/mol. The highest BCUT2D eigenvalue weighted by atomic mass is 32.2. The second-order valence-corrected chi connectivity index (χ2v) is 6.13. The molecule has 3 N–H and O–H groups in total. The van der Waals surface area contributed by atoms with Crippen LogP contribution in [0.1, 0.15) is 12.8 Å². The first-order chi connectivity index (χ1) is 9.18. The summed E-state index contributed by atoms with van der Waals surface area (Å²) in [5.41, 5.74) is 5.31. The number of hydrogen-bond acceptors (Lipinski definition) is 5. The molecule has 1 unspecified atom stereocenters. The van der Waals surface area contributed by atoms with Gasteiger partial charge in [-0.2, -0.15) is 0 Å². The third-order valence-corrected chi connectivity index (χ3v) is 4.86. The minimum atomic E-state index is -0.602. The van der Waals surface area contributed by atoms with Gasteiger partial charge in [0.2, 0.25) is 11.8 Å². The molecule has 6 nitrogen and oxygen atoms in total. The van der Waals surface area contributed by atoms with Crippen molar-refractivity contribution in [2.24, 2.45) is 5.73 Å². The summed E-state index contributed by atoms with van der Waals surface area (Å²) >= 11 is 1.69. The first-order valence-electron chi connectivity index (χ1n) is 6.67. The van der Waals surface area contributed by atoms with Gasteiger partial charge in [0, 0.05) is 11.8 Å². The Bertz CT molecular complexity index is 334. The predicted octanol–water partition coefficient (Wildman–Crippen LogP) is -0.816. The Morgan fingerprint density at radius 2 is 2.11 bits per heavy atom. The molecule has 2 heterocycles. The van der Waals surface area contributed by atoms with Crippen molar-refractivity contribution in [3.05, 3.63) is 0 Å². The van der Waals surface area contributed by atoms with Crippen molar-refractivity contribution in [2.75, 3.05) is 38.6 Å². The number of nitrogens with two attached hydrogens (primary N) is 1. The summed E-state index contributed by atoms with van der Waals surface area (Å²) in [5, 5.41) is 3.84. The smallest absolute Gasteiger partial charge is 0.242 e. The molecule has 0 bridgehead atoms. The number of carbonyl (C=O) groups is 2. The summed E-state index contributed by atoms with van der Waals surface area (Å²) < 4.78 is 5.21. The normalized spacial score (nSPS) is 25.3. The summed E-state index contributed by atoms with van der Waals surface area (Å²) in [5.74, 6) is -0.0652. The summed E-state index contributed by atoms with van der Waals surface area (Å²) in [6.45, 7) is 3.20. The molecule has 0 saturated carbocycles. The van der Waals surface area contributed by atoms with Crippen LogP contribution >= 0.6 is 11.8 Å². The number of nitrogens with zero attached hydrogens (tertiary/aromatic N) is 1. The van der Waals surface area contributed by atoms with Gasteiger partial charge < -0.3 is 20.7 Å². The lowest BCUT2D eigenvalue weighted by Crippen LogP contribution is -2.55. The van der Waals surface area contributed by atoms with E-state index in [0.29, 0.717) is 24.2 Å². The number of carbonyl (C=O) groups excluding carboxylic acids is 2. The van der Waals surface area contributed by atoms with Crippen LogP contribution in [0.15, 0.2) is 0 Å². The average molecular weight is 287 g/mol. The third-order valence-electron chi connectivity index (χ3n) is 3.51. The first-order valence-corrected chi connectivity index (χ1v) is 7.72. The maximum atomic E-state index is 12.2. The lowest BCUT2D eigenvalue weighted by Gasteiger charge is -2.34. The summed E-state index contributed by atoms with van der Waals surface area (Å²) in [6, 6.07) is -0.602. The highest BCUT2D eigenvalue weighted by Gasteiger charge is 2.31. The molecule has 2 saturated heterocycles. The molecule has 2 fully saturated rings. The van der Waals surface area contributed by atoms with Gasteiger partial charge in [-0.15, -0.1) is 11.8 Å². The molecule has 108 valence electrons. The van der Waals surface area contributed by atoms with E-state index in [9.17, 15) is 9.59 Å². The fraction of sp³-hybridized carbons (Fsp3) is 0.833. The molecule has 0 aromatic carbocycles. The van der Waals surface area contributed by atoms with Crippen molar-refractivity contribution >= 4 is 23.6 Å². The molecule has 0 radical (unpaired) electrons. The van der Waals surface area contributed by atoms with Crippen LogP contribution in [-0.4, -0.2) is 66.6 Å². The van der Waals surface area contributed by atoms with Crippen LogP contribution in [0.4, 0.5) is 0 Å². The van der Waals surface area contributed by atoms with Gasteiger partial charge in [-0.25, -0.2) is 0 Å². The molecule has 0 aromatic rings. The zero-order valence-electron chi connectivity index (χ0n) is 11.0. The van der Waals surface area contributed by atoms with E-state index in [2.05, 4.69) is 5.32 Å². The van der Waals surface area contributed by atoms with E-state index in [1.807, 2.05) is 0 Å². The lowest BCUT2D eigenvalue weighted by atomic mass is 10.2. The van der Waals surface area contributed by atoms with Crippen LogP contribution in [-0.2, 0) is 14.3 Å². The van der Waals surface area contributed by atoms with Crippen molar-refractivity contribution in [3.8, 4) is 0 Å². The molecule has 0 aliphatic carbocycles. The highest BCUT2D eigenvalue weighted by molar-refractivity contribution is 8.00. The highest BCUT2D eigenvalue weighted by Crippen LogP contribution is 2.21. The number of thioether (sulfide) groups is 1. The van der Waals surface area contributed by atoms with Crippen LogP contribution < -0.4 is 11.1 Å². The van der Waals surface area contributed by atoms with Crippen LogP contribution in [0.5, 0.6) is 0 Å². The van der Waals surface area contributed by atoms with Crippen molar-refractivity contribution < 1.29 is 14.3 Å². The number of hydrogen-bond donors (Lipinski definition) is 2. The van der Waals surface area contributed by atoms with Gasteiger partial charge in [0.25, 0.3) is 0 Å². The average Bonchev–Trinajstić information content (AvgIpc) is 2.46. The fourth-order valence-corrected chi connectivity index (χ4v) is 3.49. The Morgan fingerprint density at radius 1 is 1.37 bits per heavy atom. The number of nitrogens with one attached hydrogen (secondary N) is 1. The van der Waals surface area contributed by atoms with Crippen LogP contribution in [0.25, 0.3) is 0 Å². The Kier molecular flexibility index (Phi) is 5.47. The number of amides is 2. The molecule has 0 spiro atoms. The van der Waals surface area contributed by atoms with E-state index in [0.717, 1.165) is 25.9 Å². The van der Waals surface area contributed by atoms with E-state index >= 15 is 0 Å². The van der Waals surface area contributed by atoms with E-state index in [1.165, 1.54) is 0 Å². The topological polar surface area (TPSA) is 84.7 Å². The molecule has 2 aliphatic heterocycles. The number of piperidine rings is 1. The standard InChI is InChI=1S/C12H21N3O3S/c13-12(17)10-7-18-6-5-15(10)11(16)8-19-9-1-3-14-4-2-9/h9-10,14H,1-8H2,(H2,13,17). The maximum absolute atomic E-state index is 12.2. The Labute approximate surface area is 117 Å². The minimum absolute atomic E-state index is 0.00404. The SMILES string of the molecule is NC(=O)C1COCCN1C(=O)CSC1CCNCC1. The van der Waals surface area contributed by atoms with Gasteiger partial charge in [0.15, 0.2) is 0 Å². The van der Waals surface area contributed by atoms with Gasteiger partial charge >= 0.3 is 0 Å². The molecule has 7 heteroatoms. The first kappa shape index (κ1) is 14.6. The quantitative estimate of drug-likeness (QED) is 0.706. The molecular formula is C12H21N3O3S. The molecule has 2 rings (SSSR count). The van der Waals surface area contributed by atoms with E-state index < -0.39 is 11.9 Å². The number of rotatable bonds is 4. The Morgan fingerprint density at radius 3 is 2.79 bits per heavy atom. The van der Waals surface area contributed by atoms with Gasteiger partial charge in [-0.3, -0.25) is 9.59 Å². The minimum Gasteiger partial charge on any atom is -0.377 e. The van der Waals surface area contributed by atoms with Gasteiger partial charge in [-0.1, -0.05) is 0 Å². The molecule has 2 aliphatic rings. The zero-order chi connectivity index (χ0) is 13.7. The number of primary amides is 1. The molecular weight excluding hydrogens is 266 g/mol. The van der Waals surface area contributed by atoms with Crippen LogP contribution in [0, 0.1) is 0 Å². The van der Waals surface area contributed by atoms with Crippen LogP contribution in [0.3, 0.4) is 0 Å². The maximum Gasteiger partial charge on any atom is 0.242 e. The van der Waals surface area contributed by atoms with E-state index in [1.54, 1.807) is 16.7 Å². The van der Waals surface area contributed by atoms with Gasteiger partial charge in [0.05, 0.1) is 19.0 Å².